The van der Waals surface area contributed by atoms with Gasteiger partial charge in [-0.25, -0.2) is 0 Å². The van der Waals surface area contributed by atoms with Gasteiger partial charge in [0.25, 0.3) is 0 Å². The molecule has 1 amide bonds. The normalized spacial score (nSPS) is 15.6. The number of nitrogens with zero attached hydrogens (tertiary/aromatic N) is 1. The van der Waals surface area contributed by atoms with Crippen molar-refractivity contribution in [2.75, 3.05) is 37.0 Å². The van der Waals surface area contributed by atoms with E-state index in [0.29, 0.717) is 0 Å². The van der Waals surface area contributed by atoms with Crippen LogP contribution in [0.15, 0.2) is 54.6 Å². The third kappa shape index (κ3) is 5.05. The third-order valence-electron chi connectivity index (χ3n) is 6.17. The second kappa shape index (κ2) is 9.75. The van der Waals surface area contributed by atoms with Crippen LogP contribution < -0.4 is 10.1 Å². The molecule has 1 N–H and O–H groups in total. The average molecular weight is 435 g/mol. The van der Waals surface area contributed by atoms with Crippen molar-refractivity contribution in [2.45, 2.75) is 26.3 Å². The Labute approximate surface area is 189 Å². The highest BCUT2D eigenvalue weighted by molar-refractivity contribution is 7.99. The SMILES string of the molecule is COc1ccc2cc([C@H](C)C(=O)Nc3cccc(CN4CCSCC4)c3C)ccc2c1. The van der Waals surface area contributed by atoms with Crippen LogP contribution in [-0.2, 0) is 11.3 Å². The largest absolute Gasteiger partial charge is 0.497 e. The first-order valence-electron chi connectivity index (χ1n) is 10.8. The molecule has 3 aromatic carbocycles. The number of benzene rings is 3. The summed E-state index contributed by atoms with van der Waals surface area (Å²) in [5.74, 6) is 3.01. The molecule has 5 heteroatoms. The van der Waals surface area contributed by atoms with E-state index in [1.165, 1.54) is 17.1 Å². The van der Waals surface area contributed by atoms with Crippen molar-refractivity contribution in [3.05, 3.63) is 71.3 Å². The van der Waals surface area contributed by atoms with Gasteiger partial charge in [-0.1, -0.05) is 36.4 Å². The Kier molecular flexibility index (Phi) is 6.83. The molecular formula is C26H30N2O2S. The van der Waals surface area contributed by atoms with E-state index < -0.39 is 0 Å². The highest BCUT2D eigenvalue weighted by atomic mass is 32.2. The summed E-state index contributed by atoms with van der Waals surface area (Å²) in [6.07, 6.45) is 0. The van der Waals surface area contributed by atoms with Crippen molar-refractivity contribution >= 4 is 34.1 Å². The fourth-order valence-electron chi connectivity index (χ4n) is 4.02. The number of amides is 1. The van der Waals surface area contributed by atoms with E-state index in [1.807, 2.05) is 55.1 Å². The maximum Gasteiger partial charge on any atom is 0.231 e. The summed E-state index contributed by atoms with van der Waals surface area (Å²) in [7, 11) is 1.67. The number of thioether (sulfide) groups is 1. The van der Waals surface area contributed by atoms with Gasteiger partial charge in [0.2, 0.25) is 5.91 Å². The van der Waals surface area contributed by atoms with Crippen molar-refractivity contribution < 1.29 is 9.53 Å². The van der Waals surface area contributed by atoms with E-state index >= 15 is 0 Å². The smallest absolute Gasteiger partial charge is 0.231 e. The second-order valence-electron chi connectivity index (χ2n) is 8.16. The molecule has 1 saturated heterocycles. The van der Waals surface area contributed by atoms with Crippen molar-refractivity contribution in [1.29, 1.82) is 0 Å². The molecule has 1 heterocycles. The summed E-state index contributed by atoms with van der Waals surface area (Å²) >= 11 is 2.02. The fourth-order valence-corrected chi connectivity index (χ4v) is 5.00. The Balaban J connectivity index is 1.48. The number of hydrogen-bond acceptors (Lipinski definition) is 4. The van der Waals surface area contributed by atoms with Gasteiger partial charge in [0.15, 0.2) is 0 Å². The molecule has 0 radical (unpaired) electrons. The molecule has 0 unspecified atom stereocenters. The van der Waals surface area contributed by atoms with Gasteiger partial charge in [0.1, 0.15) is 5.75 Å². The maximum absolute atomic E-state index is 13.1. The summed E-state index contributed by atoms with van der Waals surface area (Å²) in [6, 6.07) is 18.4. The van der Waals surface area contributed by atoms with Gasteiger partial charge in [0.05, 0.1) is 13.0 Å². The number of carbonyl (C=O) groups excluding carboxylic acids is 1. The predicted octanol–water partition coefficient (Wildman–Crippen LogP) is 5.45. The molecule has 0 saturated carbocycles. The molecule has 31 heavy (non-hydrogen) atoms. The number of ether oxygens (including phenoxy) is 1. The number of fused-ring (bicyclic) bond motifs is 1. The van der Waals surface area contributed by atoms with Gasteiger partial charge >= 0.3 is 0 Å². The molecule has 1 atom stereocenters. The van der Waals surface area contributed by atoms with Crippen LogP contribution in [0.25, 0.3) is 10.8 Å². The van der Waals surface area contributed by atoms with Crippen LogP contribution in [-0.4, -0.2) is 42.5 Å². The molecule has 162 valence electrons. The minimum atomic E-state index is -0.242. The maximum atomic E-state index is 13.1. The van der Waals surface area contributed by atoms with Crippen molar-refractivity contribution in [2.24, 2.45) is 0 Å². The number of anilines is 1. The Morgan fingerprint density at radius 3 is 2.61 bits per heavy atom. The fraction of sp³-hybridized carbons (Fsp3) is 0.346. The van der Waals surface area contributed by atoms with Gasteiger partial charge in [-0.05, 0) is 59.5 Å². The summed E-state index contributed by atoms with van der Waals surface area (Å²) in [4.78, 5) is 15.6. The lowest BCUT2D eigenvalue weighted by atomic mass is 9.96. The number of methoxy groups -OCH3 is 1. The first-order valence-corrected chi connectivity index (χ1v) is 12.0. The minimum absolute atomic E-state index is 0.0162. The van der Waals surface area contributed by atoms with Gasteiger partial charge < -0.3 is 10.1 Å². The second-order valence-corrected chi connectivity index (χ2v) is 9.39. The Morgan fingerprint density at radius 1 is 1.10 bits per heavy atom. The van der Waals surface area contributed by atoms with Gasteiger partial charge in [-0.15, -0.1) is 0 Å². The van der Waals surface area contributed by atoms with Gasteiger partial charge in [-0.3, -0.25) is 9.69 Å². The molecule has 4 nitrogen and oxygen atoms in total. The van der Waals surface area contributed by atoms with E-state index in [0.717, 1.165) is 53.0 Å². The molecular weight excluding hydrogens is 404 g/mol. The summed E-state index contributed by atoms with van der Waals surface area (Å²) in [5.41, 5.74) is 4.37. The lowest BCUT2D eigenvalue weighted by Gasteiger charge is -2.27. The van der Waals surface area contributed by atoms with E-state index in [2.05, 4.69) is 35.3 Å². The summed E-state index contributed by atoms with van der Waals surface area (Å²) in [6.45, 7) is 7.28. The predicted molar refractivity (Wildman–Crippen MR) is 131 cm³/mol. The van der Waals surface area contributed by atoms with Crippen LogP contribution in [0.4, 0.5) is 5.69 Å². The zero-order valence-corrected chi connectivity index (χ0v) is 19.3. The summed E-state index contributed by atoms with van der Waals surface area (Å²) < 4.78 is 5.31. The first-order chi connectivity index (χ1) is 15.0. The first kappa shape index (κ1) is 21.7. The minimum Gasteiger partial charge on any atom is -0.497 e. The van der Waals surface area contributed by atoms with Crippen molar-refractivity contribution in [1.82, 2.24) is 4.90 Å². The molecule has 0 aliphatic carbocycles. The number of hydrogen-bond donors (Lipinski definition) is 1. The van der Waals surface area contributed by atoms with Crippen LogP contribution in [0.5, 0.6) is 5.75 Å². The van der Waals surface area contributed by atoms with E-state index in [9.17, 15) is 4.79 Å². The topological polar surface area (TPSA) is 41.6 Å². The standard InChI is InChI=1S/C26H30N2O2S/c1-18-23(17-28-11-13-31-14-12-28)5-4-6-25(18)27-26(29)19(2)20-7-8-22-16-24(30-3)10-9-21(22)15-20/h4-10,15-16,19H,11-14,17H2,1-3H3,(H,27,29)/t19-/m0/s1. The van der Waals surface area contributed by atoms with Crippen molar-refractivity contribution in [3.8, 4) is 5.75 Å². The Hall–Kier alpha value is -2.50. The zero-order valence-electron chi connectivity index (χ0n) is 18.5. The monoisotopic (exact) mass is 434 g/mol. The van der Waals surface area contributed by atoms with Crippen LogP contribution in [0.3, 0.4) is 0 Å². The highest BCUT2D eigenvalue weighted by Crippen LogP contribution is 2.27. The molecule has 3 aromatic rings. The van der Waals surface area contributed by atoms with Crippen LogP contribution in [0.1, 0.15) is 29.5 Å². The molecule has 1 aliphatic heterocycles. The van der Waals surface area contributed by atoms with Gasteiger partial charge in [0, 0.05) is 36.8 Å². The highest BCUT2D eigenvalue weighted by Gasteiger charge is 2.18. The third-order valence-corrected chi connectivity index (χ3v) is 7.11. The molecule has 0 spiro atoms. The Bertz CT molecular complexity index is 1080. The van der Waals surface area contributed by atoms with Crippen LogP contribution >= 0.6 is 11.8 Å². The van der Waals surface area contributed by atoms with Crippen molar-refractivity contribution in [3.63, 3.8) is 0 Å². The van der Waals surface area contributed by atoms with E-state index in [1.54, 1.807) is 7.11 Å². The van der Waals surface area contributed by atoms with Crippen LogP contribution in [0.2, 0.25) is 0 Å². The number of carbonyl (C=O) groups is 1. The lowest BCUT2D eigenvalue weighted by molar-refractivity contribution is -0.117. The Morgan fingerprint density at radius 2 is 1.84 bits per heavy atom. The van der Waals surface area contributed by atoms with Gasteiger partial charge in [-0.2, -0.15) is 11.8 Å². The number of nitrogens with one attached hydrogen (secondary N) is 1. The lowest BCUT2D eigenvalue weighted by Crippen LogP contribution is -2.32. The zero-order chi connectivity index (χ0) is 21.8. The number of rotatable bonds is 6. The quantitative estimate of drug-likeness (QED) is 0.560. The summed E-state index contributed by atoms with van der Waals surface area (Å²) in [5, 5.41) is 5.38. The van der Waals surface area contributed by atoms with Crippen LogP contribution in [0, 0.1) is 6.92 Å². The average Bonchev–Trinajstić information content (AvgIpc) is 2.81. The molecule has 4 rings (SSSR count). The van der Waals surface area contributed by atoms with E-state index in [4.69, 9.17) is 4.74 Å². The molecule has 0 aromatic heterocycles. The molecule has 1 aliphatic rings. The molecule has 0 bridgehead atoms. The molecule has 1 fully saturated rings. The van der Waals surface area contributed by atoms with E-state index in [-0.39, 0.29) is 11.8 Å².